The van der Waals surface area contributed by atoms with Gasteiger partial charge in [-0.1, -0.05) is 30.3 Å². The predicted molar refractivity (Wildman–Crippen MR) is 117 cm³/mol. The van der Waals surface area contributed by atoms with Gasteiger partial charge in [-0.25, -0.2) is 17.2 Å². The molecule has 1 saturated heterocycles. The van der Waals surface area contributed by atoms with Gasteiger partial charge in [0.2, 0.25) is 10.0 Å². The number of halogens is 2. The van der Waals surface area contributed by atoms with E-state index in [1.165, 1.54) is 34.6 Å². The smallest absolute Gasteiger partial charge is 0.246 e. The second-order valence-electron chi connectivity index (χ2n) is 8.19. The highest BCUT2D eigenvalue weighted by Crippen LogP contribution is 2.49. The van der Waals surface area contributed by atoms with Crippen molar-refractivity contribution in [2.45, 2.75) is 23.4 Å². The highest BCUT2D eigenvalue weighted by molar-refractivity contribution is 7.89. The molecule has 3 aromatic rings. The molecule has 0 radical (unpaired) electrons. The number of aliphatic hydroxyl groups excluding tert-OH is 1. The molecule has 0 aromatic heterocycles. The van der Waals surface area contributed by atoms with E-state index in [9.17, 15) is 22.3 Å². The zero-order valence-corrected chi connectivity index (χ0v) is 17.9. The Morgan fingerprint density at radius 3 is 2.53 bits per heavy atom. The standard InChI is InChI=1S/C24H22F2N2O3S/c25-17-5-3-4-15(12-17)16-8-9-21-19(13-16)24-18(22(14-29)27-21)10-11-28(24)32(30,31)23-7-2-1-6-20(23)26/h1-9,12-13,18,22,24,27,29H,10-11,14H2/t18-,22+,24-/m1/s1. The summed E-state index contributed by atoms with van der Waals surface area (Å²) in [6.07, 6.45) is 0.528. The lowest BCUT2D eigenvalue weighted by Gasteiger charge is -2.39. The van der Waals surface area contributed by atoms with Crippen molar-refractivity contribution >= 4 is 15.7 Å². The van der Waals surface area contributed by atoms with Crippen LogP contribution in [0.5, 0.6) is 0 Å². The van der Waals surface area contributed by atoms with Crippen molar-refractivity contribution < 1.29 is 22.3 Å². The highest BCUT2D eigenvalue weighted by Gasteiger charge is 2.49. The van der Waals surface area contributed by atoms with Crippen molar-refractivity contribution in [3.63, 3.8) is 0 Å². The van der Waals surface area contributed by atoms with Gasteiger partial charge < -0.3 is 10.4 Å². The van der Waals surface area contributed by atoms with E-state index in [1.54, 1.807) is 12.1 Å². The van der Waals surface area contributed by atoms with Crippen LogP contribution in [-0.2, 0) is 10.0 Å². The van der Waals surface area contributed by atoms with Crippen molar-refractivity contribution in [1.29, 1.82) is 0 Å². The highest BCUT2D eigenvalue weighted by atomic mass is 32.2. The number of nitrogens with zero attached hydrogens (tertiary/aromatic N) is 1. The molecule has 0 spiro atoms. The van der Waals surface area contributed by atoms with Crippen LogP contribution >= 0.6 is 0 Å². The second kappa shape index (κ2) is 7.95. The van der Waals surface area contributed by atoms with Crippen LogP contribution in [0, 0.1) is 17.6 Å². The molecule has 166 valence electrons. The Hall–Kier alpha value is -2.81. The summed E-state index contributed by atoms with van der Waals surface area (Å²) in [5.74, 6) is -1.34. The molecule has 3 aromatic carbocycles. The first-order valence-electron chi connectivity index (χ1n) is 10.4. The molecule has 0 amide bonds. The number of fused-ring (bicyclic) bond motifs is 3. The molecular formula is C24H22F2N2O3S. The molecule has 1 fully saturated rings. The van der Waals surface area contributed by atoms with Gasteiger partial charge in [0, 0.05) is 18.2 Å². The van der Waals surface area contributed by atoms with Crippen molar-refractivity contribution in [2.75, 3.05) is 18.5 Å². The third kappa shape index (κ3) is 3.39. The fourth-order valence-electron chi connectivity index (χ4n) is 4.92. The van der Waals surface area contributed by atoms with E-state index >= 15 is 0 Å². The molecule has 2 N–H and O–H groups in total. The zero-order chi connectivity index (χ0) is 22.5. The molecule has 2 heterocycles. The molecule has 0 unspecified atom stereocenters. The quantitative estimate of drug-likeness (QED) is 0.618. The Labute approximate surface area is 185 Å². The van der Waals surface area contributed by atoms with E-state index in [0.717, 1.165) is 17.2 Å². The molecular weight excluding hydrogens is 434 g/mol. The summed E-state index contributed by atoms with van der Waals surface area (Å²) in [7, 11) is -4.11. The van der Waals surface area contributed by atoms with Crippen LogP contribution < -0.4 is 5.32 Å². The van der Waals surface area contributed by atoms with Gasteiger partial charge in [-0.05, 0) is 59.5 Å². The molecule has 5 rings (SSSR count). The first-order valence-corrected chi connectivity index (χ1v) is 11.9. The van der Waals surface area contributed by atoms with E-state index in [1.807, 2.05) is 18.2 Å². The first-order chi connectivity index (χ1) is 15.4. The van der Waals surface area contributed by atoms with Gasteiger partial charge in [0.25, 0.3) is 0 Å². The Kier molecular flexibility index (Phi) is 5.23. The Balaban J connectivity index is 1.63. The van der Waals surface area contributed by atoms with Crippen LogP contribution in [0.4, 0.5) is 14.5 Å². The minimum Gasteiger partial charge on any atom is -0.394 e. The van der Waals surface area contributed by atoms with E-state index in [4.69, 9.17) is 0 Å². The molecule has 5 nitrogen and oxygen atoms in total. The summed E-state index contributed by atoms with van der Waals surface area (Å²) in [5.41, 5.74) is 2.87. The molecule has 3 atom stereocenters. The Bertz CT molecular complexity index is 1280. The van der Waals surface area contributed by atoms with E-state index < -0.39 is 21.9 Å². The summed E-state index contributed by atoms with van der Waals surface area (Å²) in [4.78, 5) is -0.359. The SMILES string of the molecule is O=S(=O)(c1ccccc1F)N1CC[C@@H]2[C@H](CO)Nc3ccc(-c4cccc(F)c4)cc3[C@@H]21. The van der Waals surface area contributed by atoms with E-state index in [2.05, 4.69) is 5.32 Å². The van der Waals surface area contributed by atoms with Gasteiger partial charge in [-0.3, -0.25) is 0 Å². The maximum atomic E-state index is 14.4. The number of hydrogen-bond acceptors (Lipinski definition) is 4. The van der Waals surface area contributed by atoms with E-state index in [0.29, 0.717) is 17.7 Å². The number of anilines is 1. The molecule has 0 saturated carbocycles. The van der Waals surface area contributed by atoms with Crippen molar-refractivity contribution in [1.82, 2.24) is 4.31 Å². The van der Waals surface area contributed by atoms with Gasteiger partial charge in [0.05, 0.1) is 18.7 Å². The maximum Gasteiger partial charge on any atom is 0.246 e. The molecule has 2 aliphatic heterocycles. The average molecular weight is 457 g/mol. The zero-order valence-electron chi connectivity index (χ0n) is 17.1. The van der Waals surface area contributed by atoms with Crippen LogP contribution in [0.3, 0.4) is 0 Å². The Morgan fingerprint density at radius 2 is 1.78 bits per heavy atom. The molecule has 8 heteroatoms. The van der Waals surface area contributed by atoms with Gasteiger partial charge in [-0.2, -0.15) is 4.31 Å². The molecule has 0 aliphatic carbocycles. The number of sulfonamides is 1. The average Bonchev–Trinajstić information content (AvgIpc) is 3.25. The number of aliphatic hydroxyl groups is 1. The largest absolute Gasteiger partial charge is 0.394 e. The summed E-state index contributed by atoms with van der Waals surface area (Å²) in [6, 6.07) is 16.2. The normalized spacial score (nSPS) is 22.8. The van der Waals surface area contributed by atoms with Gasteiger partial charge in [-0.15, -0.1) is 0 Å². The lowest BCUT2D eigenvalue weighted by molar-refractivity contribution is 0.210. The lowest BCUT2D eigenvalue weighted by Crippen LogP contribution is -2.43. The fourth-order valence-corrected chi connectivity index (χ4v) is 6.65. The number of rotatable bonds is 4. The first kappa shape index (κ1) is 21.1. The van der Waals surface area contributed by atoms with Gasteiger partial charge in [0.1, 0.15) is 16.5 Å². The van der Waals surface area contributed by atoms with Crippen molar-refractivity contribution in [2.24, 2.45) is 5.92 Å². The predicted octanol–water partition coefficient (Wildman–Crippen LogP) is 4.17. The minimum absolute atomic E-state index is 0.153. The lowest BCUT2D eigenvalue weighted by atomic mass is 9.82. The fraction of sp³-hybridized carbons (Fsp3) is 0.250. The summed E-state index contributed by atoms with van der Waals surface area (Å²) in [6.45, 7) is 0.0631. The summed E-state index contributed by atoms with van der Waals surface area (Å²) >= 11 is 0. The number of nitrogens with one attached hydrogen (secondary N) is 1. The van der Waals surface area contributed by atoms with Crippen LogP contribution in [0.15, 0.2) is 71.6 Å². The summed E-state index contributed by atoms with van der Waals surface area (Å²) < 4.78 is 56.5. The third-order valence-corrected chi connectivity index (χ3v) is 8.32. The Morgan fingerprint density at radius 1 is 1.00 bits per heavy atom. The van der Waals surface area contributed by atoms with Crippen LogP contribution in [-0.4, -0.2) is 37.0 Å². The monoisotopic (exact) mass is 456 g/mol. The third-order valence-electron chi connectivity index (χ3n) is 6.40. The maximum absolute atomic E-state index is 14.4. The second-order valence-corrected chi connectivity index (χ2v) is 10.0. The molecule has 32 heavy (non-hydrogen) atoms. The van der Waals surface area contributed by atoms with Crippen LogP contribution in [0.25, 0.3) is 11.1 Å². The summed E-state index contributed by atoms with van der Waals surface area (Å²) in [5, 5.41) is 13.3. The number of hydrogen-bond donors (Lipinski definition) is 2. The molecule has 2 aliphatic rings. The number of benzene rings is 3. The van der Waals surface area contributed by atoms with Crippen molar-refractivity contribution in [3.05, 3.63) is 83.9 Å². The van der Waals surface area contributed by atoms with Crippen LogP contribution in [0.1, 0.15) is 18.0 Å². The van der Waals surface area contributed by atoms with E-state index in [-0.39, 0.29) is 35.8 Å². The van der Waals surface area contributed by atoms with Gasteiger partial charge in [0.15, 0.2) is 0 Å². The van der Waals surface area contributed by atoms with Crippen molar-refractivity contribution in [3.8, 4) is 11.1 Å². The molecule has 0 bridgehead atoms. The topological polar surface area (TPSA) is 69.6 Å². The van der Waals surface area contributed by atoms with Gasteiger partial charge >= 0.3 is 0 Å². The van der Waals surface area contributed by atoms with Crippen LogP contribution in [0.2, 0.25) is 0 Å². The minimum atomic E-state index is -4.11.